The van der Waals surface area contributed by atoms with Crippen LogP contribution in [0.3, 0.4) is 0 Å². The second kappa shape index (κ2) is 8.74. The summed E-state index contributed by atoms with van der Waals surface area (Å²) in [5.41, 5.74) is 12.7. The molecule has 212 valence electrons. The second-order valence-electron chi connectivity index (χ2n) is 12.9. The zero-order valence-electron chi connectivity index (χ0n) is 25.3. The third-order valence-corrected chi connectivity index (χ3v) is 10.2. The smallest absolute Gasteiger partial charge is 0.0645 e. The number of hydrogen-bond donors (Lipinski definition) is 0. The summed E-state index contributed by atoms with van der Waals surface area (Å²) in [6.45, 7) is 4.84. The van der Waals surface area contributed by atoms with E-state index in [9.17, 15) is 0 Å². The van der Waals surface area contributed by atoms with Gasteiger partial charge >= 0.3 is 0 Å². The summed E-state index contributed by atoms with van der Waals surface area (Å²) in [6.07, 6.45) is 0. The van der Waals surface area contributed by atoms with Gasteiger partial charge in [-0.1, -0.05) is 129 Å². The average molecular weight is 575 g/mol. The first-order chi connectivity index (χ1) is 22.1. The van der Waals surface area contributed by atoms with Crippen molar-refractivity contribution in [2.75, 3.05) is 0 Å². The predicted molar refractivity (Wildman–Crippen MR) is 190 cm³/mol. The molecule has 0 amide bonds. The van der Waals surface area contributed by atoms with Crippen LogP contribution in [0.1, 0.15) is 25.0 Å². The summed E-state index contributed by atoms with van der Waals surface area (Å²) in [7, 11) is 0. The zero-order valence-corrected chi connectivity index (χ0v) is 25.3. The molecular formula is C43H30N2. The molecule has 10 rings (SSSR count). The molecule has 0 atom stereocenters. The maximum atomic E-state index is 2.57. The summed E-state index contributed by atoms with van der Waals surface area (Å²) < 4.78 is 5.09. The molecule has 0 N–H and O–H groups in total. The largest absolute Gasteiger partial charge is 0.309 e. The van der Waals surface area contributed by atoms with Crippen molar-refractivity contribution in [3.05, 3.63) is 157 Å². The summed E-state index contributed by atoms with van der Waals surface area (Å²) >= 11 is 0. The lowest BCUT2D eigenvalue weighted by Gasteiger charge is -2.23. The lowest BCUT2D eigenvalue weighted by Crippen LogP contribution is -2.15. The molecule has 2 aromatic heterocycles. The van der Waals surface area contributed by atoms with Crippen molar-refractivity contribution in [2.24, 2.45) is 0 Å². The van der Waals surface area contributed by atoms with Crippen molar-refractivity contribution in [1.29, 1.82) is 0 Å². The summed E-state index contributed by atoms with van der Waals surface area (Å²) in [5.74, 6) is 0. The van der Waals surface area contributed by atoms with Crippen molar-refractivity contribution in [3.63, 3.8) is 0 Å². The Bertz CT molecular complexity index is 2660. The van der Waals surface area contributed by atoms with Gasteiger partial charge in [-0.3, -0.25) is 0 Å². The van der Waals surface area contributed by atoms with E-state index in [0.29, 0.717) is 0 Å². The Hall–Kier alpha value is -5.60. The van der Waals surface area contributed by atoms with E-state index in [0.717, 1.165) is 0 Å². The van der Waals surface area contributed by atoms with Gasteiger partial charge in [0, 0.05) is 43.6 Å². The molecule has 0 aliphatic heterocycles. The molecule has 1 aliphatic carbocycles. The normalized spacial score (nSPS) is 13.7. The van der Waals surface area contributed by atoms with Crippen LogP contribution in [0.4, 0.5) is 0 Å². The number of nitrogens with zero attached hydrogens (tertiary/aromatic N) is 2. The fourth-order valence-electron chi connectivity index (χ4n) is 8.46. The first kappa shape index (κ1) is 24.8. The lowest BCUT2D eigenvalue weighted by molar-refractivity contribution is 0.667. The minimum absolute atomic E-state index is 0.190. The van der Waals surface area contributed by atoms with E-state index in [4.69, 9.17) is 0 Å². The highest BCUT2D eigenvalue weighted by Gasteiger charge is 2.41. The van der Waals surface area contributed by atoms with Crippen molar-refractivity contribution < 1.29 is 0 Å². The number of hydrogen-bond acceptors (Lipinski definition) is 0. The third kappa shape index (κ3) is 3.09. The highest BCUT2D eigenvalue weighted by atomic mass is 15.0. The average Bonchev–Trinajstić information content (AvgIpc) is 3.68. The number of benzene rings is 7. The molecule has 2 nitrogen and oxygen atoms in total. The summed E-state index contributed by atoms with van der Waals surface area (Å²) in [4.78, 5) is 0. The van der Waals surface area contributed by atoms with E-state index in [1.807, 2.05) is 0 Å². The molecule has 0 saturated heterocycles. The molecule has 7 aromatic carbocycles. The lowest BCUT2D eigenvalue weighted by atomic mass is 9.80. The highest BCUT2D eigenvalue weighted by molar-refractivity contribution is 6.32. The van der Waals surface area contributed by atoms with E-state index in [-0.39, 0.29) is 5.41 Å². The quantitative estimate of drug-likeness (QED) is 0.194. The van der Waals surface area contributed by atoms with Crippen LogP contribution in [-0.4, -0.2) is 9.13 Å². The van der Waals surface area contributed by atoms with Gasteiger partial charge < -0.3 is 9.13 Å². The van der Waals surface area contributed by atoms with Gasteiger partial charge in [0.25, 0.3) is 0 Å². The van der Waals surface area contributed by atoms with E-state index in [1.54, 1.807) is 0 Å². The minimum atomic E-state index is -0.190. The molecule has 2 heterocycles. The second-order valence-corrected chi connectivity index (χ2v) is 12.9. The molecule has 0 saturated carbocycles. The van der Waals surface area contributed by atoms with Gasteiger partial charge in [0.15, 0.2) is 0 Å². The van der Waals surface area contributed by atoms with Crippen molar-refractivity contribution >= 4 is 54.4 Å². The zero-order chi connectivity index (χ0) is 29.9. The Morgan fingerprint density at radius 2 is 1.07 bits per heavy atom. The topological polar surface area (TPSA) is 9.86 Å². The summed E-state index contributed by atoms with van der Waals surface area (Å²) in [6, 6.07) is 53.5. The number of rotatable bonds is 2. The SMILES string of the molecule is CC1(C)c2ccccc2-c2c1c1c3ccccc3n(-c3cccc4ccccc34)c1c1c3ccccc3n(-c3ccccc3)c21. The monoisotopic (exact) mass is 574 g/mol. The molecule has 9 aromatic rings. The first-order valence-corrected chi connectivity index (χ1v) is 15.8. The van der Waals surface area contributed by atoms with Gasteiger partial charge in [-0.25, -0.2) is 0 Å². The molecule has 1 aliphatic rings. The highest BCUT2D eigenvalue weighted by Crippen LogP contribution is 2.58. The van der Waals surface area contributed by atoms with E-state index >= 15 is 0 Å². The predicted octanol–water partition coefficient (Wildman–Crippen LogP) is 11.3. The van der Waals surface area contributed by atoms with Crippen LogP contribution in [0.15, 0.2) is 146 Å². The van der Waals surface area contributed by atoms with Gasteiger partial charge in [-0.15, -0.1) is 0 Å². The van der Waals surface area contributed by atoms with Crippen molar-refractivity contribution in [3.8, 4) is 22.5 Å². The number of fused-ring (bicyclic) bond motifs is 13. The van der Waals surface area contributed by atoms with E-state index in [1.165, 1.54) is 88.0 Å². The van der Waals surface area contributed by atoms with Crippen LogP contribution in [0, 0.1) is 0 Å². The van der Waals surface area contributed by atoms with Gasteiger partial charge in [0.05, 0.1) is 27.8 Å². The molecule has 0 bridgehead atoms. The van der Waals surface area contributed by atoms with Crippen LogP contribution in [-0.2, 0) is 5.41 Å². The van der Waals surface area contributed by atoms with Gasteiger partial charge in [0.1, 0.15) is 0 Å². The van der Waals surface area contributed by atoms with Crippen LogP contribution < -0.4 is 0 Å². The maximum absolute atomic E-state index is 2.57. The van der Waals surface area contributed by atoms with Crippen LogP contribution >= 0.6 is 0 Å². The summed E-state index contributed by atoms with van der Waals surface area (Å²) in [5, 5.41) is 7.74. The van der Waals surface area contributed by atoms with Crippen LogP contribution in [0.25, 0.3) is 76.9 Å². The molecule has 0 unspecified atom stereocenters. The minimum Gasteiger partial charge on any atom is -0.309 e. The van der Waals surface area contributed by atoms with E-state index < -0.39 is 0 Å². The van der Waals surface area contributed by atoms with Crippen molar-refractivity contribution in [2.45, 2.75) is 19.3 Å². The molecule has 45 heavy (non-hydrogen) atoms. The molecule has 0 fully saturated rings. The number of aromatic nitrogens is 2. The third-order valence-electron chi connectivity index (χ3n) is 10.2. The molecule has 0 radical (unpaired) electrons. The van der Waals surface area contributed by atoms with E-state index in [2.05, 4.69) is 169 Å². The van der Waals surface area contributed by atoms with Gasteiger partial charge in [-0.05, 0) is 52.4 Å². The van der Waals surface area contributed by atoms with Gasteiger partial charge in [-0.2, -0.15) is 0 Å². The molecular weight excluding hydrogens is 544 g/mol. The van der Waals surface area contributed by atoms with Crippen LogP contribution in [0.2, 0.25) is 0 Å². The molecule has 0 spiro atoms. The Balaban J connectivity index is 1.58. The fraction of sp³-hybridized carbons (Fsp3) is 0.0698. The van der Waals surface area contributed by atoms with Crippen molar-refractivity contribution in [1.82, 2.24) is 9.13 Å². The fourth-order valence-corrected chi connectivity index (χ4v) is 8.46. The maximum Gasteiger partial charge on any atom is 0.0645 e. The Labute approximate surface area is 261 Å². The standard InChI is InChI=1S/C43H30N2/c1-43(2)33-23-11-8-20-30(33)37-40(43)38-31-21-9-13-25-36(31)45(34-26-14-16-27-15-6-7-19-29(27)34)42(38)39-32-22-10-12-24-35(32)44(41(37)39)28-17-4-3-5-18-28/h3-26H,1-2H3. The van der Waals surface area contributed by atoms with Crippen LogP contribution in [0.5, 0.6) is 0 Å². The molecule has 2 heteroatoms. The van der Waals surface area contributed by atoms with Gasteiger partial charge in [0.2, 0.25) is 0 Å². The Morgan fingerprint density at radius 3 is 1.87 bits per heavy atom. The Kier molecular flexibility index (Phi) is 4.82. The Morgan fingerprint density at radius 1 is 0.467 bits per heavy atom. The number of para-hydroxylation sites is 3. The first-order valence-electron chi connectivity index (χ1n) is 15.8.